The van der Waals surface area contributed by atoms with Gasteiger partial charge in [-0.25, -0.2) is 14.2 Å². The molecule has 0 saturated carbocycles. The van der Waals surface area contributed by atoms with Crippen molar-refractivity contribution in [1.82, 2.24) is 9.97 Å². The van der Waals surface area contributed by atoms with Gasteiger partial charge in [0.05, 0.1) is 17.9 Å². The molecular formula is C21H21FN4O2. The number of hydrogen-bond acceptors (Lipinski definition) is 6. The lowest BCUT2D eigenvalue weighted by molar-refractivity contribution is 0.0527. The van der Waals surface area contributed by atoms with Crippen molar-refractivity contribution in [2.75, 3.05) is 17.2 Å². The van der Waals surface area contributed by atoms with Gasteiger partial charge in [0.2, 0.25) is 5.95 Å². The third-order valence-corrected chi connectivity index (χ3v) is 3.90. The molecule has 0 amide bonds. The second-order valence-corrected chi connectivity index (χ2v) is 6.09. The number of ether oxygens (including phenoxy) is 1. The number of rotatable bonds is 7. The Morgan fingerprint density at radius 1 is 1.11 bits per heavy atom. The lowest BCUT2D eigenvalue weighted by Gasteiger charge is -2.12. The van der Waals surface area contributed by atoms with E-state index in [-0.39, 0.29) is 5.82 Å². The Morgan fingerprint density at radius 2 is 1.86 bits per heavy atom. The van der Waals surface area contributed by atoms with Gasteiger partial charge in [-0.1, -0.05) is 24.3 Å². The average Bonchev–Trinajstić information content (AvgIpc) is 2.68. The van der Waals surface area contributed by atoms with Crippen LogP contribution in [-0.4, -0.2) is 22.5 Å². The predicted molar refractivity (Wildman–Crippen MR) is 106 cm³/mol. The summed E-state index contributed by atoms with van der Waals surface area (Å²) in [6.07, 6.45) is 0. The van der Waals surface area contributed by atoms with Crippen LogP contribution in [0.1, 0.15) is 28.5 Å². The Bertz CT molecular complexity index is 961. The second-order valence-electron chi connectivity index (χ2n) is 6.09. The number of carbonyl (C=O) groups is 1. The number of aromatic nitrogens is 2. The fourth-order valence-corrected chi connectivity index (χ4v) is 2.61. The molecule has 0 bridgehead atoms. The average molecular weight is 380 g/mol. The molecule has 0 fully saturated rings. The zero-order valence-electron chi connectivity index (χ0n) is 15.7. The molecule has 7 heteroatoms. The van der Waals surface area contributed by atoms with E-state index < -0.39 is 5.97 Å². The Hall–Kier alpha value is -3.48. The van der Waals surface area contributed by atoms with Gasteiger partial charge in [-0.2, -0.15) is 4.98 Å². The summed E-state index contributed by atoms with van der Waals surface area (Å²) in [5.74, 6) is 0.305. The number of para-hydroxylation sites is 1. The van der Waals surface area contributed by atoms with Gasteiger partial charge in [0, 0.05) is 18.3 Å². The molecule has 0 radical (unpaired) electrons. The molecular weight excluding hydrogens is 359 g/mol. The highest BCUT2D eigenvalue weighted by atomic mass is 19.1. The largest absolute Gasteiger partial charge is 0.462 e. The van der Waals surface area contributed by atoms with E-state index in [1.165, 1.54) is 12.1 Å². The normalized spacial score (nSPS) is 10.4. The summed E-state index contributed by atoms with van der Waals surface area (Å²) in [6.45, 7) is 4.38. The van der Waals surface area contributed by atoms with E-state index in [1.54, 1.807) is 43.3 Å². The first kappa shape index (κ1) is 19.3. The maximum absolute atomic E-state index is 13.0. The van der Waals surface area contributed by atoms with Crippen LogP contribution in [0.25, 0.3) is 0 Å². The van der Waals surface area contributed by atoms with Crippen LogP contribution in [0.4, 0.5) is 21.8 Å². The minimum Gasteiger partial charge on any atom is -0.462 e. The minimum atomic E-state index is -0.397. The molecule has 0 aliphatic rings. The molecule has 3 rings (SSSR count). The van der Waals surface area contributed by atoms with Crippen molar-refractivity contribution in [1.29, 1.82) is 0 Å². The molecule has 144 valence electrons. The Kier molecular flexibility index (Phi) is 6.16. The second kappa shape index (κ2) is 8.94. The molecule has 0 spiro atoms. The zero-order chi connectivity index (χ0) is 19.9. The first-order chi connectivity index (χ1) is 13.5. The van der Waals surface area contributed by atoms with E-state index in [4.69, 9.17) is 4.74 Å². The van der Waals surface area contributed by atoms with E-state index >= 15 is 0 Å². The van der Waals surface area contributed by atoms with Gasteiger partial charge in [-0.3, -0.25) is 0 Å². The van der Waals surface area contributed by atoms with Crippen LogP contribution < -0.4 is 10.6 Å². The molecule has 1 aromatic heterocycles. The number of halogens is 1. The first-order valence-corrected chi connectivity index (χ1v) is 8.92. The van der Waals surface area contributed by atoms with Gasteiger partial charge in [-0.05, 0) is 43.7 Å². The monoisotopic (exact) mass is 380 g/mol. The van der Waals surface area contributed by atoms with Gasteiger partial charge in [0.15, 0.2) is 0 Å². The number of benzene rings is 2. The number of aryl methyl sites for hydroxylation is 1. The summed E-state index contributed by atoms with van der Waals surface area (Å²) in [4.78, 5) is 21.0. The summed E-state index contributed by atoms with van der Waals surface area (Å²) in [7, 11) is 0. The van der Waals surface area contributed by atoms with Crippen LogP contribution in [0.2, 0.25) is 0 Å². The van der Waals surface area contributed by atoms with Crippen LogP contribution in [0.5, 0.6) is 0 Å². The van der Waals surface area contributed by atoms with Gasteiger partial charge in [-0.15, -0.1) is 0 Å². The molecule has 0 saturated heterocycles. The smallest absolute Gasteiger partial charge is 0.340 e. The lowest BCUT2D eigenvalue weighted by atomic mass is 10.2. The third kappa shape index (κ3) is 5.03. The highest BCUT2D eigenvalue weighted by Crippen LogP contribution is 2.22. The van der Waals surface area contributed by atoms with Crippen molar-refractivity contribution in [3.8, 4) is 0 Å². The summed E-state index contributed by atoms with van der Waals surface area (Å²) >= 11 is 0. The highest BCUT2D eigenvalue weighted by molar-refractivity contribution is 5.96. The molecule has 0 aliphatic carbocycles. The number of esters is 1. The number of nitrogens with zero attached hydrogens (tertiary/aromatic N) is 2. The fourth-order valence-electron chi connectivity index (χ4n) is 2.61. The van der Waals surface area contributed by atoms with Crippen LogP contribution in [0.15, 0.2) is 54.6 Å². The summed E-state index contributed by atoms with van der Waals surface area (Å²) in [5, 5.41) is 6.29. The molecule has 2 aromatic carbocycles. The van der Waals surface area contributed by atoms with Crippen LogP contribution in [0.3, 0.4) is 0 Å². The zero-order valence-corrected chi connectivity index (χ0v) is 15.7. The number of hydrogen-bond donors (Lipinski definition) is 2. The standard InChI is InChI=1S/C21H21FN4O2/c1-3-28-20(27)17-6-4-5-7-18(17)25-19-12-14(2)24-21(26-19)23-13-15-8-10-16(22)11-9-15/h4-12H,3,13H2,1-2H3,(H2,23,24,25,26). The Labute approximate surface area is 162 Å². The molecule has 0 atom stereocenters. The quantitative estimate of drug-likeness (QED) is 0.590. The van der Waals surface area contributed by atoms with Crippen molar-refractivity contribution in [2.45, 2.75) is 20.4 Å². The summed E-state index contributed by atoms with van der Waals surface area (Å²) < 4.78 is 18.1. The van der Waals surface area contributed by atoms with Gasteiger partial charge < -0.3 is 15.4 Å². The van der Waals surface area contributed by atoms with Crippen LogP contribution in [0, 0.1) is 12.7 Å². The van der Waals surface area contributed by atoms with E-state index in [0.29, 0.717) is 36.2 Å². The topological polar surface area (TPSA) is 76.1 Å². The van der Waals surface area contributed by atoms with E-state index in [2.05, 4.69) is 20.6 Å². The van der Waals surface area contributed by atoms with Gasteiger partial charge in [0.1, 0.15) is 11.6 Å². The number of carbonyl (C=O) groups excluding carboxylic acids is 1. The lowest BCUT2D eigenvalue weighted by Crippen LogP contribution is -2.09. The predicted octanol–water partition coefficient (Wildman–Crippen LogP) is 4.46. The maximum Gasteiger partial charge on any atom is 0.340 e. The Morgan fingerprint density at radius 3 is 2.61 bits per heavy atom. The number of nitrogens with one attached hydrogen (secondary N) is 2. The van der Waals surface area contributed by atoms with Crippen molar-refractivity contribution < 1.29 is 13.9 Å². The van der Waals surface area contributed by atoms with Crippen molar-refractivity contribution >= 4 is 23.4 Å². The first-order valence-electron chi connectivity index (χ1n) is 8.92. The van der Waals surface area contributed by atoms with Crippen molar-refractivity contribution in [2.24, 2.45) is 0 Å². The Balaban J connectivity index is 1.77. The maximum atomic E-state index is 13.0. The van der Waals surface area contributed by atoms with Crippen molar-refractivity contribution in [3.05, 3.63) is 77.2 Å². The van der Waals surface area contributed by atoms with Crippen molar-refractivity contribution in [3.63, 3.8) is 0 Å². The molecule has 2 N–H and O–H groups in total. The number of anilines is 3. The molecule has 28 heavy (non-hydrogen) atoms. The molecule has 6 nitrogen and oxygen atoms in total. The van der Waals surface area contributed by atoms with Gasteiger partial charge in [0.25, 0.3) is 0 Å². The molecule has 0 aliphatic heterocycles. The third-order valence-electron chi connectivity index (χ3n) is 3.90. The highest BCUT2D eigenvalue weighted by Gasteiger charge is 2.13. The van der Waals surface area contributed by atoms with E-state index in [0.717, 1.165) is 11.3 Å². The SMILES string of the molecule is CCOC(=O)c1ccccc1Nc1cc(C)nc(NCc2ccc(F)cc2)n1. The summed E-state index contributed by atoms with van der Waals surface area (Å²) in [5.41, 5.74) is 2.70. The summed E-state index contributed by atoms with van der Waals surface area (Å²) in [6, 6.07) is 15.1. The minimum absolute atomic E-state index is 0.276. The van der Waals surface area contributed by atoms with Crippen LogP contribution in [-0.2, 0) is 11.3 Å². The molecule has 1 heterocycles. The van der Waals surface area contributed by atoms with Crippen LogP contribution >= 0.6 is 0 Å². The molecule has 0 unspecified atom stereocenters. The fraction of sp³-hybridized carbons (Fsp3) is 0.190. The van der Waals surface area contributed by atoms with E-state index in [1.807, 2.05) is 13.0 Å². The van der Waals surface area contributed by atoms with Gasteiger partial charge >= 0.3 is 5.97 Å². The van der Waals surface area contributed by atoms with E-state index in [9.17, 15) is 9.18 Å². The molecule has 3 aromatic rings.